The Balaban J connectivity index is 2.03. The van der Waals surface area contributed by atoms with E-state index in [0.717, 1.165) is 18.5 Å². The standard InChI is InChI=1S/C15H16N2/c1-10-3-2-4-11(5-10)15-8-12-6-14(16)7-13(12)9-17-15/h2-5,8-9,14H,6-7,16H2,1H3. The van der Waals surface area contributed by atoms with Crippen LogP contribution in [0.5, 0.6) is 0 Å². The first-order valence-corrected chi connectivity index (χ1v) is 6.03. The Bertz CT molecular complexity index is 561. The maximum absolute atomic E-state index is 5.97. The van der Waals surface area contributed by atoms with Gasteiger partial charge in [-0.2, -0.15) is 0 Å². The predicted octanol–water partition coefficient (Wildman–Crippen LogP) is 2.48. The molecule has 86 valence electrons. The molecule has 1 heterocycles. The third-order valence-electron chi connectivity index (χ3n) is 3.36. The van der Waals surface area contributed by atoms with Gasteiger partial charge in [0.15, 0.2) is 0 Å². The smallest absolute Gasteiger partial charge is 0.0705 e. The number of aromatic nitrogens is 1. The summed E-state index contributed by atoms with van der Waals surface area (Å²) in [6.45, 7) is 2.10. The molecule has 0 saturated heterocycles. The zero-order valence-corrected chi connectivity index (χ0v) is 9.98. The molecular formula is C15H16N2. The van der Waals surface area contributed by atoms with Crippen molar-refractivity contribution in [2.45, 2.75) is 25.8 Å². The summed E-state index contributed by atoms with van der Waals surface area (Å²) in [5, 5.41) is 0. The summed E-state index contributed by atoms with van der Waals surface area (Å²) in [5.74, 6) is 0. The summed E-state index contributed by atoms with van der Waals surface area (Å²) in [6.07, 6.45) is 3.94. The van der Waals surface area contributed by atoms with Crippen molar-refractivity contribution in [2.75, 3.05) is 0 Å². The molecule has 0 fully saturated rings. The maximum atomic E-state index is 5.97. The number of hydrogen-bond acceptors (Lipinski definition) is 2. The van der Waals surface area contributed by atoms with Crippen LogP contribution in [0, 0.1) is 6.92 Å². The number of fused-ring (bicyclic) bond motifs is 1. The van der Waals surface area contributed by atoms with E-state index in [0.29, 0.717) is 0 Å². The first-order chi connectivity index (χ1) is 8.22. The Labute approximate surface area is 102 Å². The van der Waals surface area contributed by atoms with E-state index in [1.54, 1.807) is 0 Å². The summed E-state index contributed by atoms with van der Waals surface area (Å²) < 4.78 is 0. The first kappa shape index (κ1) is 10.5. The van der Waals surface area contributed by atoms with E-state index in [9.17, 15) is 0 Å². The van der Waals surface area contributed by atoms with Crippen LogP contribution in [0.25, 0.3) is 11.3 Å². The van der Waals surface area contributed by atoms with Crippen molar-refractivity contribution in [3.05, 3.63) is 53.2 Å². The molecule has 2 nitrogen and oxygen atoms in total. The minimum Gasteiger partial charge on any atom is -0.327 e. The van der Waals surface area contributed by atoms with E-state index in [4.69, 9.17) is 5.73 Å². The number of pyridine rings is 1. The highest BCUT2D eigenvalue weighted by Crippen LogP contribution is 2.25. The molecule has 3 rings (SSSR count). The van der Waals surface area contributed by atoms with Crippen molar-refractivity contribution in [3.8, 4) is 11.3 Å². The molecule has 0 radical (unpaired) electrons. The Morgan fingerprint density at radius 1 is 1.18 bits per heavy atom. The second kappa shape index (κ2) is 3.97. The fourth-order valence-electron chi connectivity index (χ4n) is 2.50. The predicted molar refractivity (Wildman–Crippen MR) is 69.8 cm³/mol. The van der Waals surface area contributed by atoms with Crippen LogP contribution in [-0.4, -0.2) is 11.0 Å². The summed E-state index contributed by atoms with van der Waals surface area (Å²) in [7, 11) is 0. The number of rotatable bonds is 1. The molecule has 1 unspecified atom stereocenters. The normalized spacial score (nSPS) is 18.1. The van der Waals surface area contributed by atoms with E-state index in [1.165, 1.54) is 22.3 Å². The lowest BCUT2D eigenvalue weighted by atomic mass is 10.1. The maximum Gasteiger partial charge on any atom is 0.0705 e. The van der Waals surface area contributed by atoms with Crippen molar-refractivity contribution in [1.29, 1.82) is 0 Å². The van der Waals surface area contributed by atoms with E-state index in [1.807, 2.05) is 6.20 Å². The highest BCUT2D eigenvalue weighted by molar-refractivity contribution is 5.61. The van der Waals surface area contributed by atoms with Crippen LogP contribution in [0.3, 0.4) is 0 Å². The van der Waals surface area contributed by atoms with Crippen molar-refractivity contribution < 1.29 is 0 Å². The first-order valence-electron chi connectivity index (χ1n) is 6.03. The zero-order valence-electron chi connectivity index (χ0n) is 9.98. The molecule has 0 saturated carbocycles. The summed E-state index contributed by atoms with van der Waals surface area (Å²) in [5.41, 5.74) is 12.2. The number of nitrogens with two attached hydrogens (primary N) is 1. The molecule has 17 heavy (non-hydrogen) atoms. The highest BCUT2D eigenvalue weighted by Gasteiger charge is 2.18. The van der Waals surface area contributed by atoms with Gasteiger partial charge in [0.1, 0.15) is 0 Å². The molecule has 1 aromatic carbocycles. The quantitative estimate of drug-likeness (QED) is 0.808. The third-order valence-corrected chi connectivity index (χ3v) is 3.36. The molecule has 1 aliphatic carbocycles. The number of benzene rings is 1. The minimum atomic E-state index is 0.277. The van der Waals surface area contributed by atoms with Crippen molar-refractivity contribution in [1.82, 2.24) is 4.98 Å². The van der Waals surface area contributed by atoms with Gasteiger partial charge in [0.25, 0.3) is 0 Å². The number of hydrogen-bond donors (Lipinski definition) is 1. The van der Waals surface area contributed by atoms with Crippen LogP contribution in [0.15, 0.2) is 36.5 Å². The lowest BCUT2D eigenvalue weighted by Gasteiger charge is -2.04. The fourth-order valence-corrected chi connectivity index (χ4v) is 2.50. The molecule has 0 bridgehead atoms. The Kier molecular flexibility index (Phi) is 2.45. The molecule has 1 atom stereocenters. The van der Waals surface area contributed by atoms with Gasteiger partial charge in [0.2, 0.25) is 0 Å². The molecule has 2 heteroatoms. The Morgan fingerprint density at radius 3 is 2.82 bits per heavy atom. The average molecular weight is 224 g/mol. The van der Waals surface area contributed by atoms with Crippen LogP contribution in [0.2, 0.25) is 0 Å². The molecule has 0 spiro atoms. The third kappa shape index (κ3) is 1.96. The van der Waals surface area contributed by atoms with Crippen LogP contribution < -0.4 is 5.73 Å². The SMILES string of the molecule is Cc1cccc(-c2cc3c(cn2)CC(N)C3)c1. The van der Waals surface area contributed by atoms with Gasteiger partial charge in [0, 0.05) is 17.8 Å². The average Bonchev–Trinajstić information content (AvgIpc) is 2.68. The van der Waals surface area contributed by atoms with Gasteiger partial charge in [-0.3, -0.25) is 4.98 Å². The largest absolute Gasteiger partial charge is 0.327 e. The van der Waals surface area contributed by atoms with Gasteiger partial charge in [-0.15, -0.1) is 0 Å². The monoisotopic (exact) mass is 224 g/mol. The number of nitrogens with zero attached hydrogens (tertiary/aromatic N) is 1. The molecular weight excluding hydrogens is 208 g/mol. The van der Waals surface area contributed by atoms with E-state index in [2.05, 4.69) is 42.2 Å². The lowest BCUT2D eigenvalue weighted by Crippen LogP contribution is -2.18. The van der Waals surface area contributed by atoms with Crippen LogP contribution in [0.1, 0.15) is 16.7 Å². The molecule has 2 aromatic rings. The van der Waals surface area contributed by atoms with E-state index < -0.39 is 0 Å². The van der Waals surface area contributed by atoms with Gasteiger partial charge in [-0.25, -0.2) is 0 Å². The van der Waals surface area contributed by atoms with Crippen molar-refractivity contribution in [2.24, 2.45) is 5.73 Å². The second-order valence-electron chi connectivity index (χ2n) is 4.88. The van der Waals surface area contributed by atoms with Gasteiger partial charge < -0.3 is 5.73 Å². The van der Waals surface area contributed by atoms with Crippen molar-refractivity contribution >= 4 is 0 Å². The van der Waals surface area contributed by atoms with Crippen LogP contribution >= 0.6 is 0 Å². The Morgan fingerprint density at radius 2 is 2.00 bits per heavy atom. The molecule has 0 amide bonds. The summed E-state index contributed by atoms with van der Waals surface area (Å²) >= 11 is 0. The molecule has 0 aliphatic heterocycles. The van der Waals surface area contributed by atoms with Crippen LogP contribution in [-0.2, 0) is 12.8 Å². The molecule has 2 N–H and O–H groups in total. The van der Waals surface area contributed by atoms with Gasteiger partial charge in [0.05, 0.1) is 5.69 Å². The van der Waals surface area contributed by atoms with Gasteiger partial charge in [-0.1, -0.05) is 23.8 Å². The second-order valence-corrected chi connectivity index (χ2v) is 4.88. The highest BCUT2D eigenvalue weighted by atomic mass is 14.7. The fraction of sp³-hybridized carbons (Fsp3) is 0.267. The number of aryl methyl sites for hydroxylation is 1. The minimum absolute atomic E-state index is 0.277. The zero-order chi connectivity index (χ0) is 11.8. The van der Waals surface area contributed by atoms with Gasteiger partial charge >= 0.3 is 0 Å². The van der Waals surface area contributed by atoms with E-state index in [-0.39, 0.29) is 6.04 Å². The molecule has 1 aromatic heterocycles. The summed E-state index contributed by atoms with van der Waals surface area (Å²) in [6, 6.07) is 10.9. The summed E-state index contributed by atoms with van der Waals surface area (Å²) in [4.78, 5) is 4.54. The van der Waals surface area contributed by atoms with Gasteiger partial charge in [-0.05, 0) is 43.0 Å². The lowest BCUT2D eigenvalue weighted by molar-refractivity contribution is 0.721. The Hall–Kier alpha value is -1.67. The molecule has 1 aliphatic rings. The van der Waals surface area contributed by atoms with Crippen LogP contribution in [0.4, 0.5) is 0 Å². The van der Waals surface area contributed by atoms with E-state index >= 15 is 0 Å². The topological polar surface area (TPSA) is 38.9 Å². The van der Waals surface area contributed by atoms with Crippen molar-refractivity contribution in [3.63, 3.8) is 0 Å².